The van der Waals surface area contributed by atoms with E-state index in [4.69, 9.17) is 4.74 Å². The second-order valence-electron chi connectivity index (χ2n) is 7.84. The number of fused-ring (bicyclic) bond motifs is 6. The summed E-state index contributed by atoms with van der Waals surface area (Å²) in [5.74, 6) is -1.35. The summed E-state index contributed by atoms with van der Waals surface area (Å²) in [5.41, 5.74) is 0.249. The minimum Gasteiger partial charge on any atom is -0.367 e. The average molecular weight is 347 g/mol. The number of carbonyl (C=O) groups is 2. The molecule has 3 aliphatic heterocycles. The van der Waals surface area contributed by atoms with Gasteiger partial charge in [-0.05, 0) is 51.0 Å². The van der Waals surface area contributed by atoms with Crippen molar-refractivity contribution in [1.82, 2.24) is 4.98 Å². The average Bonchev–Trinajstić information content (AvgIpc) is 3.18. The lowest BCUT2D eigenvalue weighted by Gasteiger charge is -2.27. The Morgan fingerprint density at radius 3 is 2.42 bits per heavy atom. The summed E-state index contributed by atoms with van der Waals surface area (Å²) in [4.78, 5) is 32.2. The van der Waals surface area contributed by atoms with Gasteiger partial charge >= 0.3 is 0 Å². The molecule has 0 unspecified atom stereocenters. The molecule has 3 aliphatic rings. The maximum atomic E-state index is 13.3. The summed E-state index contributed by atoms with van der Waals surface area (Å²) in [6.45, 7) is 3.87. The van der Waals surface area contributed by atoms with Gasteiger partial charge in [-0.3, -0.25) is 14.6 Å². The number of nitriles is 1. The number of pyridine rings is 1. The van der Waals surface area contributed by atoms with E-state index in [0.29, 0.717) is 22.2 Å². The monoisotopic (exact) mass is 347 g/mol. The molecule has 3 saturated heterocycles. The van der Waals surface area contributed by atoms with Crippen LogP contribution < -0.4 is 4.90 Å². The molecule has 6 nitrogen and oxygen atoms in total. The first-order chi connectivity index (χ1) is 12.4. The molecule has 2 amide bonds. The molecular weight excluding hydrogens is 330 g/mol. The lowest BCUT2D eigenvalue weighted by atomic mass is 9.69. The third-order valence-electron chi connectivity index (χ3n) is 6.32. The molecule has 130 valence electrons. The number of benzene rings is 1. The molecule has 26 heavy (non-hydrogen) atoms. The summed E-state index contributed by atoms with van der Waals surface area (Å²) in [7, 11) is 0. The van der Waals surface area contributed by atoms with Crippen LogP contribution in [0.15, 0.2) is 30.5 Å². The molecule has 5 rings (SSSR count). The standard InChI is InChI=1S/C20H17N3O3/c1-19-7-8-20(2,26-19)15-14(19)17(24)23(18(15)25)13-6-5-11(10-21)12-4-3-9-22-16(12)13/h3-6,9,14-15H,7-8H2,1-2H3/t14-,15+,19-,20+. The Bertz CT molecular complexity index is 1010. The van der Waals surface area contributed by atoms with Crippen LogP contribution in [0.2, 0.25) is 0 Å². The third-order valence-corrected chi connectivity index (χ3v) is 6.32. The minimum absolute atomic E-state index is 0.220. The Balaban J connectivity index is 1.70. The number of carbonyl (C=O) groups excluding carboxylic acids is 2. The Kier molecular flexibility index (Phi) is 2.79. The van der Waals surface area contributed by atoms with E-state index in [2.05, 4.69) is 11.1 Å². The van der Waals surface area contributed by atoms with Crippen molar-refractivity contribution in [3.05, 3.63) is 36.0 Å². The molecule has 0 saturated carbocycles. The summed E-state index contributed by atoms with van der Waals surface area (Å²) >= 11 is 0. The lowest BCUT2D eigenvalue weighted by molar-refractivity contribution is -0.129. The topological polar surface area (TPSA) is 83.3 Å². The number of aromatic nitrogens is 1. The zero-order chi connectivity index (χ0) is 18.3. The summed E-state index contributed by atoms with van der Waals surface area (Å²) in [6, 6.07) is 8.96. The molecule has 0 spiro atoms. The van der Waals surface area contributed by atoms with E-state index in [1.807, 2.05) is 13.8 Å². The second-order valence-corrected chi connectivity index (χ2v) is 7.84. The number of imide groups is 1. The molecule has 6 heteroatoms. The van der Waals surface area contributed by atoms with Gasteiger partial charge in [-0.25, -0.2) is 4.90 Å². The first-order valence-corrected chi connectivity index (χ1v) is 8.75. The van der Waals surface area contributed by atoms with Crippen molar-refractivity contribution in [1.29, 1.82) is 5.26 Å². The fourth-order valence-electron chi connectivity index (χ4n) is 5.14. The van der Waals surface area contributed by atoms with Gasteiger partial charge in [0.15, 0.2) is 0 Å². The van der Waals surface area contributed by atoms with Crippen LogP contribution in [0.1, 0.15) is 32.3 Å². The molecule has 0 radical (unpaired) electrons. The van der Waals surface area contributed by atoms with E-state index in [1.54, 1.807) is 30.5 Å². The van der Waals surface area contributed by atoms with Crippen LogP contribution in [0.25, 0.3) is 10.9 Å². The Hall–Kier alpha value is -2.78. The number of anilines is 1. The van der Waals surface area contributed by atoms with E-state index in [0.717, 1.165) is 12.8 Å². The Morgan fingerprint density at radius 1 is 1.15 bits per heavy atom. The predicted octanol–water partition coefficient (Wildman–Crippen LogP) is 2.55. The van der Waals surface area contributed by atoms with Crippen LogP contribution in [-0.4, -0.2) is 28.0 Å². The number of hydrogen-bond donors (Lipinski definition) is 0. The van der Waals surface area contributed by atoms with Crippen LogP contribution in [0.4, 0.5) is 5.69 Å². The number of hydrogen-bond acceptors (Lipinski definition) is 5. The highest BCUT2D eigenvalue weighted by Crippen LogP contribution is 2.61. The first kappa shape index (κ1) is 15.5. The summed E-state index contributed by atoms with van der Waals surface area (Å²) in [5, 5.41) is 9.97. The van der Waals surface area contributed by atoms with E-state index < -0.39 is 23.0 Å². The number of ether oxygens (including phenoxy) is 1. The summed E-state index contributed by atoms with van der Waals surface area (Å²) < 4.78 is 6.14. The molecule has 2 aromatic rings. The van der Waals surface area contributed by atoms with Crippen LogP contribution in [0.5, 0.6) is 0 Å². The van der Waals surface area contributed by atoms with Gasteiger partial charge in [-0.2, -0.15) is 5.26 Å². The highest BCUT2D eigenvalue weighted by atomic mass is 16.5. The zero-order valence-electron chi connectivity index (χ0n) is 14.5. The van der Waals surface area contributed by atoms with Gasteiger partial charge in [0.25, 0.3) is 0 Å². The summed E-state index contributed by atoms with van der Waals surface area (Å²) in [6.07, 6.45) is 3.17. The zero-order valence-corrected chi connectivity index (χ0v) is 14.5. The molecule has 1 aromatic heterocycles. The van der Waals surface area contributed by atoms with Gasteiger partial charge in [0.1, 0.15) is 0 Å². The van der Waals surface area contributed by atoms with Crippen molar-refractivity contribution >= 4 is 28.4 Å². The molecule has 3 fully saturated rings. The highest BCUT2D eigenvalue weighted by molar-refractivity contribution is 6.25. The molecule has 0 N–H and O–H groups in total. The maximum absolute atomic E-state index is 13.3. The van der Waals surface area contributed by atoms with Gasteiger partial charge in [0.2, 0.25) is 11.8 Å². The van der Waals surface area contributed by atoms with E-state index in [9.17, 15) is 14.9 Å². The lowest BCUT2D eigenvalue weighted by Crippen LogP contribution is -2.40. The Labute approximate surface area is 150 Å². The number of amides is 2. The largest absolute Gasteiger partial charge is 0.367 e. The molecule has 1 aromatic carbocycles. The van der Waals surface area contributed by atoms with Crippen LogP contribution >= 0.6 is 0 Å². The molecule has 4 heterocycles. The van der Waals surface area contributed by atoms with Crippen molar-refractivity contribution in [2.45, 2.75) is 37.9 Å². The maximum Gasteiger partial charge on any atom is 0.240 e. The van der Waals surface area contributed by atoms with Crippen molar-refractivity contribution in [2.75, 3.05) is 4.90 Å². The SMILES string of the molecule is C[C@]12CC[C@](C)(O1)[C@@H]1C(=O)N(c3ccc(C#N)c4cccnc34)C(=O)[C@@H]12. The van der Waals surface area contributed by atoms with Crippen LogP contribution in [-0.2, 0) is 14.3 Å². The molecule has 4 atom stereocenters. The van der Waals surface area contributed by atoms with E-state index in [-0.39, 0.29) is 11.8 Å². The molecule has 2 bridgehead atoms. The smallest absolute Gasteiger partial charge is 0.240 e. The van der Waals surface area contributed by atoms with Gasteiger partial charge < -0.3 is 4.74 Å². The van der Waals surface area contributed by atoms with Crippen molar-refractivity contribution in [3.8, 4) is 6.07 Å². The van der Waals surface area contributed by atoms with Gasteiger partial charge in [0.05, 0.1) is 45.9 Å². The first-order valence-electron chi connectivity index (χ1n) is 8.75. The van der Waals surface area contributed by atoms with Crippen LogP contribution in [0.3, 0.4) is 0 Å². The number of rotatable bonds is 1. The predicted molar refractivity (Wildman–Crippen MR) is 93.1 cm³/mol. The van der Waals surface area contributed by atoms with E-state index >= 15 is 0 Å². The second kappa shape index (κ2) is 4.68. The third kappa shape index (κ3) is 1.66. The normalized spacial score (nSPS) is 35.2. The minimum atomic E-state index is -0.587. The van der Waals surface area contributed by atoms with Crippen molar-refractivity contribution in [3.63, 3.8) is 0 Å². The van der Waals surface area contributed by atoms with Crippen molar-refractivity contribution < 1.29 is 14.3 Å². The fraction of sp³-hybridized carbons (Fsp3) is 0.400. The van der Waals surface area contributed by atoms with Crippen LogP contribution in [0, 0.1) is 23.2 Å². The fourth-order valence-corrected chi connectivity index (χ4v) is 5.14. The molecular formula is C20H17N3O3. The Morgan fingerprint density at radius 2 is 1.81 bits per heavy atom. The van der Waals surface area contributed by atoms with Gasteiger partial charge in [0, 0.05) is 11.6 Å². The van der Waals surface area contributed by atoms with Gasteiger partial charge in [-0.15, -0.1) is 0 Å². The molecule has 0 aliphatic carbocycles. The van der Waals surface area contributed by atoms with E-state index in [1.165, 1.54) is 4.90 Å². The quantitative estimate of drug-likeness (QED) is 0.740. The van der Waals surface area contributed by atoms with Gasteiger partial charge in [-0.1, -0.05) is 0 Å². The van der Waals surface area contributed by atoms with Crippen molar-refractivity contribution in [2.24, 2.45) is 11.8 Å². The highest BCUT2D eigenvalue weighted by Gasteiger charge is 2.72. The number of nitrogens with zero attached hydrogens (tertiary/aromatic N) is 3.